The summed E-state index contributed by atoms with van der Waals surface area (Å²) >= 11 is 0. The van der Waals surface area contributed by atoms with Crippen LogP contribution in [0.4, 0.5) is 0 Å². The summed E-state index contributed by atoms with van der Waals surface area (Å²) in [5, 5.41) is 9.45. The van der Waals surface area contributed by atoms with Crippen molar-refractivity contribution in [2.75, 3.05) is 0 Å². The predicted octanol–water partition coefficient (Wildman–Crippen LogP) is 3.17. The lowest BCUT2D eigenvalue weighted by Crippen LogP contribution is -2.39. The summed E-state index contributed by atoms with van der Waals surface area (Å²) in [7, 11) is 0. The molecule has 90 valence electrons. The molecule has 0 aromatic heterocycles. The number of nitriles is 1. The number of nitrogens with zero attached hydrogens (tertiary/aromatic N) is 1. The molecule has 0 bridgehead atoms. The van der Waals surface area contributed by atoms with Gasteiger partial charge in [-0.05, 0) is 18.1 Å². The molecule has 2 atom stereocenters. The van der Waals surface area contributed by atoms with Crippen molar-refractivity contribution in [3.8, 4) is 6.07 Å². The van der Waals surface area contributed by atoms with Gasteiger partial charge in [-0.3, -0.25) is 0 Å². The average Bonchev–Trinajstić information content (AvgIpc) is 2.41. The van der Waals surface area contributed by atoms with Crippen LogP contribution in [0.1, 0.15) is 24.0 Å². The highest BCUT2D eigenvalue weighted by Gasteiger charge is 2.33. The van der Waals surface area contributed by atoms with Crippen molar-refractivity contribution in [3.63, 3.8) is 0 Å². The first-order valence-corrected chi connectivity index (χ1v) is 5.95. The molecule has 2 N–H and O–H groups in total. The van der Waals surface area contributed by atoms with Gasteiger partial charge < -0.3 is 5.73 Å². The van der Waals surface area contributed by atoms with Crippen LogP contribution in [0.5, 0.6) is 0 Å². The fourth-order valence-corrected chi connectivity index (χ4v) is 2.16. The first-order chi connectivity index (χ1) is 8.66. The van der Waals surface area contributed by atoms with Crippen LogP contribution in [0.2, 0.25) is 0 Å². The van der Waals surface area contributed by atoms with Gasteiger partial charge in [0.15, 0.2) is 0 Å². The molecule has 2 heteroatoms. The molecule has 18 heavy (non-hydrogen) atoms. The Morgan fingerprint density at radius 1 is 1.00 bits per heavy atom. The molecule has 0 fully saturated rings. The highest BCUT2D eigenvalue weighted by atomic mass is 14.7. The van der Waals surface area contributed by atoms with E-state index in [0.717, 1.165) is 11.1 Å². The fraction of sp³-hybridized carbons (Fsp3) is 0.188. The minimum Gasteiger partial charge on any atom is -0.320 e. The number of hydrogen-bond donors (Lipinski definition) is 1. The van der Waals surface area contributed by atoms with Crippen LogP contribution in [0, 0.1) is 11.3 Å². The first kappa shape index (κ1) is 12.3. The van der Waals surface area contributed by atoms with Gasteiger partial charge in [-0.2, -0.15) is 5.26 Å². The molecule has 2 rings (SSSR count). The maximum absolute atomic E-state index is 9.45. The molecule has 0 spiro atoms. The van der Waals surface area contributed by atoms with E-state index >= 15 is 0 Å². The van der Waals surface area contributed by atoms with E-state index < -0.39 is 5.54 Å². The number of benzene rings is 2. The molecule has 0 heterocycles. The Morgan fingerprint density at radius 3 is 2.00 bits per heavy atom. The maximum atomic E-state index is 9.45. The van der Waals surface area contributed by atoms with Crippen molar-refractivity contribution in [1.82, 2.24) is 0 Å². The van der Waals surface area contributed by atoms with Gasteiger partial charge in [-0.25, -0.2) is 0 Å². The number of rotatable bonds is 3. The SMILES string of the molecule is CC(N)(c1ccccc1)C(C#N)c1ccccc1. The lowest BCUT2D eigenvalue weighted by Gasteiger charge is -2.30. The normalized spacial score (nSPS) is 15.4. The van der Waals surface area contributed by atoms with E-state index in [1.807, 2.05) is 67.6 Å². The Balaban J connectivity index is 2.43. The molecule has 2 unspecified atom stereocenters. The van der Waals surface area contributed by atoms with Crippen LogP contribution in [0.15, 0.2) is 60.7 Å². The summed E-state index contributed by atoms with van der Waals surface area (Å²) in [6.45, 7) is 1.91. The highest BCUT2D eigenvalue weighted by Crippen LogP contribution is 2.33. The van der Waals surface area contributed by atoms with Crippen LogP contribution in [-0.4, -0.2) is 0 Å². The smallest absolute Gasteiger partial charge is 0.0931 e. The van der Waals surface area contributed by atoms with E-state index in [2.05, 4.69) is 6.07 Å². The molecule has 0 aliphatic carbocycles. The van der Waals surface area contributed by atoms with E-state index in [-0.39, 0.29) is 5.92 Å². The standard InChI is InChI=1S/C16H16N2/c1-16(18,14-10-6-3-7-11-14)15(12-17)13-8-4-2-5-9-13/h2-11,15H,18H2,1H3. The van der Waals surface area contributed by atoms with Crippen molar-refractivity contribution in [3.05, 3.63) is 71.8 Å². The second-order valence-corrected chi connectivity index (χ2v) is 4.62. The Hall–Kier alpha value is -2.11. The highest BCUT2D eigenvalue weighted by molar-refractivity contribution is 5.36. The van der Waals surface area contributed by atoms with E-state index in [1.54, 1.807) is 0 Å². The van der Waals surface area contributed by atoms with Gasteiger partial charge in [0.1, 0.15) is 0 Å². The molecule has 0 radical (unpaired) electrons. The zero-order valence-corrected chi connectivity index (χ0v) is 10.4. The van der Waals surface area contributed by atoms with Crippen LogP contribution >= 0.6 is 0 Å². The zero-order chi connectivity index (χ0) is 13.0. The summed E-state index contributed by atoms with van der Waals surface area (Å²) in [4.78, 5) is 0. The monoisotopic (exact) mass is 236 g/mol. The molecule has 2 aromatic carbocycles. The Morgan fingerprint density at radius 2 is 1.50 bits per heavy atom. The summed E-state index contributed by atoms with van der Waals surface area (Å²) in [5.74, 6) is -0.360. The van der Waals surface area contributed by atoms with E-state index in [9.17, 15) is 5.26 Å². The average molecular weight is 236 g/mol. The van der Waals surface area contributed by atoms with E-state index in [1.165, 1.54) is 0 Å². The van der Waals surface area contributed by atoms with Crippen molar-refractivity contribution in [2.24, 2.45) is 5.73 Å². The van der Waals surface area contributed by atoms with Gasteiger partial charge in [0.25, 0.3) is 0 Å². The third-order valence-corrected chi connectivity index (χ3v) is 3.26. The molecule has 0 amide bonds. The minimum atomic E-state index is -0.697. The zero-order valence-electron chi connectivity index (χ0n) is 10.4. The van der Waals surface area contributed by atoms with E-state index in [0.29, 0.717) is 0 Å². The molecule has 0 aliphatic heterocycles. The first-order valence-electron chi connectivity index (χ1n) is 5.95. The second kappa shape index (κ2) is 5.03. The van der Waals surface area contributed by atoms with Gasteiger partial charge in [-0.15, -0.1) is 0 Å². The fourth-order valence-electron chi connectivity index (χ4n) is 2.16. The maximum Gasteiger partial charge on any atom is 0.0931 e. The molecule has 0 saturated carbocycles. The van der Waals surface area contributed by atoms with Gasteiger partial charge in [-0.1, -0.05) is 60.7 Å². The van der Waals surface area contributed by atoms with Crippen molar-refractivity contribution in [2.45, 2.75) is 18.4 Å². The van der Waals surface area contributed by atoms with Crippen molar-refractivity contribution < 1.29 is 0 Å². The third kappa shape index (κ3) is 2.27. The van der Waals surface area contributed by atoms with Crippen LogP contribution in [-0.2, 0) is 5.54 Å². The summed E-state index contributed by atoms with van der Waals surface area (Å²) in [6.07, 6.45) is 0. The van der Waals surface area contributed by atoms with Gasteiger partial charge in [0, 0.05) is 0 Å². The molecule has 2 nitrogen and oxygen atoms in total. The molecular formula is C16H16N2. The van der Waals surface area contributed by atoms with E-state index in [4.69, 9.17) is 5.73 Å². The largest absolute Gasteiger partial charge is 0.320 e. The Labute approximate surface area is 108 Å². The van der Waals surface area contributed by atoms with Gasteiger partial charge in [0.2, 0.25) is 0 Å². The second-order valence-electron chi connectivity index (χ2n) is 4.62. The van der Waals surface area contributed by atoms with Gasteiger partial charge in [0.05, 0.1) is 17.5 Å². The van der Waals surface area contributed by atoms with Crippen LogP contribution in [0.3, 0.4) is 0 Å². The molecule has 0 aliphatic rings. The van der Waals surface area contributed by atoms with Crippen molar-refractivity contribution in [1.29, 1.82) is 5.26 Å². The molecular weight excluding hydrogens is 220 g/mol. The minimum absolute atomic E-state index is 0.360. The van der Waals surface area contributed by atoms with Crippen molar-refractivity contribution >= 4 is 0 Å². The van der Waals surface area contributed by atoms with Crippen LogP contribution < -0.4 is 5.73 Å². The predicted molar refractivity (Wildman–Crippen MR) is 72.8 cm³/mol. The van der Waals surface area contributed by atoms with Crippen LogP contribution in [0.25, 0.3) is 0 Å². The lowest BCUT2D eigenvalue weighted by atomic mass is 9.77. The lowest BCUT2D eigenvalue weighted by molar-refractivity contribution is 0.449. The Bertz CT molecular complexity index is 538. The number of nitrogens with two attached hydrogens (primary N) is 1. The molecule has 0 saturated heterocycles. The quantitative estimate of drug-likeness (QED) is 0.889. The molecule has 2 aromatic rings. The summed E-state index contributed by atoms with van der Waals surface area (Å²) in [5.41, 5.74) is 7.63. The summed E-state index contributed by atoms with van der Waals surface area (Å²) < 4.78 is 0. The topological polar surface area (TPSA) is 49.8 Å². The number of hydrogen-bond acceptors (Lipinski definition) is 2. The summed E-state index contributed by atoms with van der Waals surface area (Å²) in [6, 6.07) is 21.8. The third-order valence-electron chi connectivity index (χ3n) is 3.26. The Kier molecular flexibility index (Phi) is 3.45. The van der Waals surface area contributed by atoms with Gasteiger partial charge >= 0.3 is 0 Å².